The lowest BCUT2D eigenvalue weighted by atomic mass is 10.0. The van der Waals surface area contributed by atoms with Crippen LogP contribution >= 0.6 is 15.9 Å². The highest BCUT2D eigenvalue weighted by Gasteiger charge is 2.16. The molecular formula is C16H15BrO. The Morgan fingerprint density at radius 2 is 1.94 bits per heavy atom. The second-order valence-corrected chi connectivity index (χ2v) is 5.66. The third-order valence-electron chi connectivity index (χ3n) is 3.34. The van der Waals surface area contributed by atoms with E-state index in [9.17, 15) is 0 Å². The molecule has 1 nitrogen and oxygen atoms in total. The van der Waals surface area contributed by atoms with Crippen LogP contribution in [0.2, 0.25) is 0 Å². The first-order valence-electron chi connectivity index (χ1n) is 6.20. The Labute approximate surface area is 116 Å². The van der Waals surface area contributed by atoms with Gasteiger partial charge in [0.05, 0.1) is 11.4 Å². The Morgan fingerprint density at radius 1 is 1.11 bits per heavy atom. The first-order chi connectivity index (χ1) is 8.74. The fourth-order valence-electron chi connectivity index (χ4n) is 2.38. The van der Waals surface area contributed by atoms with Gasteiger partial charge in [0.25, 0.3) is 0 Å². The molecule has 2 aromatic carbocycles. The SMILES string of the molecule is Cc1cccc(C(Br)c2ccc3c(c2)CCO3)c1. The van der Waals surface area contributed by atoms with E-state index in [0.29, 0.717) is 0 Å². The summed E-state index contributed by atoms with van der Waals surface area (Å²) in [6, 6.07) is 15.1. The van der Waals surface area contributed by atoms with Crippen molar-refractivity contribution in [2.45, 2.75) is 18.2 Å². The van der Waals surface area contributed by atoms with Gasteiger partial charge in [0.15, 0.2) is 0 Å². The minimum absolute atomic E-state index is 0.253. The van der Waals surface area contributed by atoms with Gasteiger partial charge in [-0.2, -0.15) is 0 Å². The summed E-state index contributed by atoms with van der Waals surface area (Å²) in [7, 11) is 0. The van der Waals surface area contributed by atoms with E-state index < -0.39 is 0 Å². The number of aryl methyl sites for hydroxylation is 1. The minimum Gasteiger partial charge on any atom is -0.493 e. The average Bonchev–Trinajstić information content (AvgIpc) is 2.85. The Hall–Kier alpha value is -1.28. The molecule has 1 heterocycles. The Bertz CT molecular complexity index is 577. The summed E-state index contributed by atoms with van der Waals surface area (Å²) in [5, 5.41) is 0. The molecule has 2 heteroatoms. The molecule has 1 unspecified atom stereocenters. The summed E-state index contributed by atoms with van der Waals surface area (Å²) in [6.07, 6.45) is 1.02. The summed E-state index contributed by atoms with van der Waals surface area (Å²) in [5.74, 6) is 1.04. The zero-order chi connectivity index (χ0) is 12.5. The number of fused-ring (bicyclic) bond motifs is 1. The van der Waals surface area contributed by atoms with Crippen LogP contribution in [0, 0.1) is 6.92 Å². The van der Waals surface area contributed by atoms with E-state index in [-0.39, 0.29) is 4.83 Å². The Balaban J connectivity index is 1.95. The number of benzene rings is 2. The monoisotopic (exact) mass is 302 g/mol. The molecule has 0 amide bonds. The molecule has 0 radical (unpaired) electrons. The zero-order valence-electron chi connectivity index (χ0n) is 10.3. The van der Waals surface area contributed by atoms with E-state index in [1.807, 2.05) is 0 Å². The molecule has 18 heavy (non-hydrogen) atoms. The highest BCUT2D eigenvalue weighted by molar-refractivity contribution is 9.09. The third-order valence-corrected chi connectivity index (χ3v) is 4.40. The number of alkyl halides is 1. The third kappa shape index (κ3) is 2.17. The van der Waals surface area contributed by atoms with Crippen molar-refractivity contribution >= 4 is 15.9 Å². The van der Waals surface area contributed by atoms with E-state index in [0.717, 1.165) is 18.8 Å². The Kier molecular flexibility index (Phi) is 3.13. The molecule has 0 saturated carbocycles. The largest absolute Gasteiger partial charge is 0.493 e. The molecule has 0 fully saturated rings. The van der Waals surface area contributed by atoms with E-state index >= 15 is 0 Å². The van der Waals surface area contributed by atoms with Crippen LogP contribution in [0.15, 0.2) is 42.5 Å². The lowest BCUT2D eigenvalue weighted by Gasteiger charge is -2.12. The highest BCUT2D eigenvalue weighted by atomic mass is 79.9. The fraction of sp³-hybridized carbons (Fsp3) is 0.250. The second kappa shape index (κ2) is 4.77. The van der Waals surface area contributed by atoms with Crippen LogP contribution in [0.25, 0.3) is 0 Å². The van der Waals surface area contributed by atoms with E-state index in [1.54, 1.807) is 0 Å². The molecule has 3 rings (SSSR count). The predicted octanol–water partition coefficient (Wildman–Crippen LogP) is 4.41. The van der Waals surface area contributed by atoms with Gasteiger partial charge in [-0.15, -0.1) is 0 Å². The maximum absolute atomic E-state index is 5.54. The maximum atomic E-state index is 5.54. The first kappa shape index (κ1) is 11.8. The summed E-state index contributed by atoms with van der Waals surface area (Å²) >= 11 is 3.80. The predicted molar refractivity (Wildman–Crippen MR) is 77.6 cm³/mol. The second-order valence-electron chi connectivity index (χ2n) is 4.74. The number of hydrogen-bond donors (Lipinski definition) is 0. The molecule has 92 valence electrons. The van der Waals surface area contributed by atoms with Gasteiger partial charge in [-0.25, -0.2) is 0 Å². The van der Waals surface area contributed by atoms with Crippen LogP contribution < -0.4 is 4.74 Å². The summed E-state index contributed by atoms with van der Waals surface area (Å²) in [4.78, 5) is 0.253. The summed E-state index contributed by atoms with van der Waals surface area (Å²) in [6.45, 7) is 2.94. The van der Waals surface area contributed by atoms with Crippen molar-refractivity contribution < 1.29 is 4.74 Å². The molecule has 1 aliphatic rings. The number of ether oxygens (including phenoxy) is 1. The van der Waals surface area contributed by atoms with Gasteiger partial charge in [-0.05, 0) is 29.7 Å². The quantitative estimate of drug-likeness (QED) is 0.747. The van der Waals surface area contributed by atoms with Crippen molar-refractivity contribution in [3.8, 4) is 5.75 Å². The topological polar surface area (TPSA) is 9.23 Å². The van der Waals surface area contributed by atoms with E-state index in [2.05, 4.69) is 65.3 Å². The van der Waals surface area contributed by atoms with Gasteiger partial charge in [0.2, 0.25) is 0 Å². The van der Waals surface area contributed by atoms with Gasteiger partial charge in [-0.1, -0.05) is 57.9 Å². The molecular weight excluding hydrogens is 288 g/mol. The summed E-state index contributed by atoms with van der Waals surface area (Å²) in [5.41, 5.74) is 5.21. The molecule has 0 aromatic heterocycles. The molecule has 2 aromatic rings. The molecule has 0 saturated heterocycles. The van der Waals surface area contributed by atoms with E-state index in [4.69, 9.17) is 4.74 Å². The van der Waals surface area contributed by atoms with Gasteiger partial charge in [0, 0.05) is 6.42 Å². The fourth-order valence-corrected chi connectivity index (χ4v) is 2.95. The molecule has 1 atom stereocenters. The van der Waals surface area contributed by atoms with Crippen LogP contribution in [-0.2, 0) is 6.42 Å². The van der Waals surface area contributed by atoms with Crippen LogP contribution in [-0.4, -0.2) is 6.61 Å². The molecule has 0 spiro atoms. The lowest BCUT2D eigenvalue weighted by Crippen LogP contribution is -1.94. The van der Waals surface area contributed by atoms with Crippen molar-refractivity contribution in [1.82, 2.24) is 0 Å². The van der Waals surface area contributed by atoms with Crippen molar-refractivity contribution in [2.75, 3.05) is 6.61 Å². The van der Waals surface area contributed by atoms with Crippen molar-refractivity contribution in [3.63, 3.8) is 0 Å². The van der Waals surface area contributed by atoms with Crippen LogP contribution in [0.1, 0.15) is 27.1 Å². The van der Waals surface area contributed by atoms with Gasteiger partial charge >= 0.3 is 0 Å². The lowest BCUT2D eigenvalue weighted by molar-refractivity contribution is 0.357. The first-order valence-corrected chi connectivity index (χ1v) is 7.12. The van der Waals surface area contributed by atoms with Crippen LogP contribution in [0.5, 0.6) is 5.75 Å². The number of halogens is 1. The van der Waals surface area contributed by atoms with Crippen LogP contribution in [0.4, 0.5) is 0 Å². The average molecular weight is 303 g/mol. The van der Waals surface area contributed by atoms with Crippen molar-refractivity contribution in [3.05, 3.63) is 64.7 Å². The summed E-state index contributed by atoms with van der Waals surface area (Å²) < 4.78 is 5.54. The van der Waals surface area contributed by atoms with Gasteiger partial charge in [-0.3, -0.25) is 0 Å². The molecule has 1 aliphatic heterocycles. The van der Waals surface area contributed by atoms with E-state index in [1.165, 1.54) is 22.3 Å². The Morgan fingerprint density at radius 3 is 2.78 bits per heavy atom. The normalized spacial score (nSPS) is 15.0. The van der Waals surface area contributed by atoms with Crippen molar-refractivity contribution in [2.24, 2.45) is 0 Å². The molecule has 0 aliphatic carbocycles. The number of rotatable bonds is 2. The maximum Gasteiger partial charge on any atom is 0.122 e. The molecule has 0 bridgehead atoms. The van der Waals surface area contributed by atoms with Gasteiger partial charge < -0.3 is 4.74 Å². The molecule has 0 N–H and O–H groups in total. The smallest absolute Gasteiger partial charge is 0.122 e. The number of hydrogen-bond acceptors (Lipinski definition) is 1. The van der Waals surface area contributed by atoms with Crippen LogP contribution in [0.3, 0.4) is 0 Å². The standard InChI is InChI=1S/C16H15BrO/c1-11-3-2-4-13(9-11)16(17)14-5-6-15-12(10-14)7-8-18-15/h2-6,9-10,16H,7-8H2,1H3. The highest BCUT2D eigenvalue weighted by Crippen LogP contribution is 2.35. The van der Waals surface area contributed by atoms with Gasteiger partial charge in [0.1, 0.15) is 5.75 Å². The van der Waals surface area contributed by atoms with Crippen molar-refractivity contribution in [1.29, 1.82) is 0 Å². The minimum atomic E-state index is 0.253. The zero-order valence-corrected chi connectivity index (χ0v) is 11.9.